The van der Waals surface area contributed by atoms with Crippen LogP contribution in [0.15, 0.2) is 22.4 Å². The smallest absolute Gasteiger partial charge is 0.0390 e. The standard InChI is InChI=1S/C15H29NSi/c1-9-17-15(8)12(4)10(2)11(3)13(15)16-14(5,6)7/h16H,9,17H2,1-8H3. The summed E-state index contributed by atoms with van der Waals surface area (Å²) in [6.07, 6.45) is 0. The van der Waals surface area contributed by atoms with E-state index in [4.69, 9.17) is 0 Å². The van der Waals surface area contributed by atoms with Crippen molar-refractivity contribution in [1.29, 1.82) is 0 Å². The summed E-state index contributed by atoms with van der Waals surface area (Å²) < 4.78 is 0. The van der Waals surface area contributed by atoms with Crippen LogP contribution in [-0.2, 0) is 0 Å². The molecule has 0 radical (unpaired) electrons. The molecule has 0 aromatic heterocycles. The molecule has 0 spiro atoms. The second-order valence-electron chi connectivity index (χ2n) is 6.71. The van der Waals surface area contributed by atoms with Gasteiger partial charge in [0.1, 0.15) is 0 Å². The highest BCUT2D eigenvalue weighted by molar-refractivity contribution is 6.43. The Bertz CT molecular complexity index is 371. The Balaban J connectivity index is 3.18. The van der Waals surface area contributed by atoms with Crippen LogP contribution in [0.3, 0.4) is 0 Å². The zero-order chi connectivity index (χ0) is 13.4. The summed E-state index contributed by atoms with van der Waals surface area (Å²) in [5.74, 6) is 0. The van der Waals surface area contributed by atoms with Gasteiger partial charge in [0.25, 0.3) is 0 Å². The maximum atomic E-state index is 3.78. The highest BCUT2D eigenvalue weighted by atomic mass is 28.2. The summed E-state index contributed by atoms with van der Waals surface area (Å²) in [5.41, 5.74) is 6.27. The number of hydrogen-bond acceptors (Lipinski definition) is 1. The van der Waals surface area contributed by atoms with Gasteiger partial charge in [0.2, 0.25) is 0 Å². The van der Waals surface area contributed by atoms with E-state index in [2.05, 4.69) is 60.7 Å². The van der Waals surface area contributed by atoms with Gasteiger partial charge in [-0.05, 0) is 52.7 Å². The Morgan fingerprint density at radius 1 is 1.12 bits per heavy atom. The average molecular weight is 251 g/mol. The van der Waals surface area contributed by atoms with Crippen molar-refractivity contribution in [3.63, 3.8) is 0 Å². The molecule has 1 nitrogen and oxygen atoms in total. The molecule has 0 bridgehead atoms. The molecule has 1 aliphatic rings. The molecule has 0 saturated heterocycles. The van der Waals surface area contributed by atoms with Gasteiger partial charge >= 0.3 is 0 Å². The van der Waals surface area contributed by atoms with Crippen LogP contribution >= 0.6 is 0 Å². The lowest BCUT2D eigenvalue weighted by Gasteiger charge is -2.35. The molecular formula is C15H29NSi. The first-order valence-corrected chi connectivity index (χ1v) is 8.52. The molecule has 0 saturated carbocycles. The summed E-state index contributed by atoms with van der Waals surface area (Å²) in [4.78, 5) is 0. The van der Waals surface area contributed by atoms with Crippen LogP contribution in [0.4, 0.5) is 0 Å². The van der Waals surface area contributed by atoms with E-state index in [0.29, 0.717) is 5.04 Å². The lowest BCUT2D eigenvalue weighted by Crippen LogP contribution is -2.40. The van der Waals surface area contributed by atoms with Crippen LogP contribution in [0.25, 0.3) is 0 Å². The van der Waals surface area contributed by atoms with Crippen molar-refractivity contribution in [3.05, 3.63) is 22.4 Å². The zero-order valence-electron chi connectivity index (χ0n) is 12.9. The highest BCUT2D eigenvalue weighted by Crippen LogP contribution is 2.51. The van der Waals surface area contributed by atoms with Gasteiger partial charge in [-0.2, -0.15) is 0 Å². The van der Waals surface area contributed by atoms with Crippen molar-refractivity contribution in [3.8, 4) is 0 Å². The third-order valence-corrected chi connectivity index (χ3v) is 6.51. The van der Waals surface area contributed by atoms with Gasteiger partial charge in [-0.25, -0.2) is 0 Å². The third kappa shape index (κ3) is 2.67. The molecule has 1 rings (SSSR count). The average Bonchev–Trinajstić information content (AvgIpc) is 2.33. The van der Waals surface area contributed by atoms with Crippen LogP contribution < -0.4 is 5.32 Å². The summed E-state index contributed by atoms with van der Waals surface area (Å²) >= 11 is 0. The number of nitrogens with one attached hydrogen (secondary N) is 1. The molecular weight excluding hydrogens is 222 g/mol. The first-order chi connectivity index (χ1) is 7.63. The predicted molar refractivity (Wildman–Crippen MR) is 81.4 cm³/mol. The van der Waals surface area contributed by atoms with Crippen molar-refractivity contribution in [1.82, 2.24) is 5.32 Å². The summed E-state index contributed by atoms with van der Waals surface area (Å²) in [6.45, 7) is 18.4. The van der Waals surface area contributed by atoms with E-state index in [9.17, 15) is 0 Å². The van der Waals surface area contributed by atoms with E-state index >= 15 is 0 Å². The zero-order valence-corrected chi connectivity index (χ0v) is 14.3. The Kier molecular flexibility index (Phi) is 3.97. The van der Waals surface area contributed by atoms with E-state index in [1.165, 1.54) is 22.9 Å². The fourth-order valence-electron chi connectivity index (χ4n) is 2.90. The monoisotopic (exact) mass is 251 g/mol. The van der Waals surface area contributed by atoms with Crippen LogP contribution in [0, 0.1) is 0 Å². The molecule has 0 aromatic rings. The number of allylic oxidation sites excluding steroid dienone is 3. The fourth-order valence-corrected chi connectivity index (χ4v) is 5.15. The van der Waals surface area contributed by atoms with Crippen molar-refractivity contribution < 1.29 is 0 Å². The topological polar surface area (TPSA) is 12.0 Å². The number of rotatable bonds is 3. The molecule has 98 valence electrons. The van der Waals surface area contributed by atoms with Gasteiger partial charge < -0.3 is 5.32 Å². The van der Waals surface area contributed by atoms with Crippen molar-refractivity contribution in [2.45, 2.75) is 72.0 Å². The quantitative estimate of drug-likeness (QED) is 0.753. The normalized spacial score (nSPS) is 26.6. The third-order valence-electron chi connectivity index (χ3n) is 4.13. The van der Waals surface area contributed by atoms with E-state index in [-0.39, 0.29) is 15.1 Å². The van der Waals surface area contributed by atoms with Crippen molar-refractivity contribution in [2.75, 3.05) is 0 Å². The molecule has 1 aliphatic carbocycles. The van der Waals surface area contributed by atoms with Gasteiger partial charge in [0.15, 0.2) is 0 Å². The summed E-state index contributed by atoms with van der Waals surface area (Å²) in [5, 5.41) is 4.13. The lowest BCUT2D eigenvalue weighted by atomic mass is 9.99. The Labute approximate surface area is 110 Å². The van der Waals surface area contributed by atoms with Crippen LogP contribution in [0.5, 0.6) is 0 Å². The van der Waals surface area contributed by atoms with Crippen LogP contribution in [0.2, 0.25) is 11.1 Å². The van der Waals surface area contributed by atoms with Gasteiger partial charge in [0.05, 0.1) is 0 Å². The van der Waals surface area contributed by atoms with E-state index in [1.807, 2.05) is 0 Å². The maximum Gasteiger partial charge on any atom is 0.0390 e. The molecule has 1 N–H and O–H groups in total. The minimum absolute atomic E-state index is 0.104. The molecule has 1 atom stereocenters. The van der Waals surface area contributed by atoms with Gasteiger partial charge in [-0.1, -0.05) is 25.5 Å². The SMILES string of the molecule is CC[SiH2]C1(C)C(C)=C(C)C(C)=C1NC(C)(C)C. The van der Waals surface area contributed by atoms with Crippen molar-refractivity contribution in [2.24, 2.45) is 0 Å². The molecule has 0 heterocycles. The predicted octanol–water partition coefficient (Wildman–Crippen LogP) is 3.78. The minimum Gasteiger partial charge on any atom is -0.383 e. The number of hydrogen-bond donors (Lipinski definition) is 1. The Hall–Kier alpha value is -0.503. The van der Waals surface area contributed by atoms with Crippen LogP contribution in [-0.4, -0.2) is 15.1 Å². The largest absolute Gasteiger partial charge is 0.383 e. The second kappa shape index (κ2) is 4.64. The molecule has 2 heteroatoms. The minimum atomic E-state index is -0.104. The summed E-state index contributed by atoms with van der Waals surface area (Å²) in [7, 11) is -0.104. The fraction of sp³-hybridized carbons (Fsp3) is 0.733. The molecule has 0 amide bonds. The molecule has 0 fully saturated rings. The maximum absolute atomic E-state index is 3.78. The molecule has 17 heavy (non-hydrogen) atoms. The van der Waals surface area contributed by atoms with Gasteiger partial charge in [0, 0.05) is 25.8 Å². The highest BCUT2D eigenvalue weighted by Gasteiger charge is 2.39. The summed E-state index contributed by atoms with van der Waals surface area (Å²) in [6, 6.07) is 1.36. The van der Waals surface area contributed by atoms with E-state index in [1.54, 1.807) is 5.57 Å². The molecule has 0 aromatic carbocycles. The Morgan fingerprint density at radius 3 is 2.06 bits per heavy atom. The Morgan fingerprint density at radius 2 is 1.65 bits per heavy atom. The van der Waals surface area contributed by atoms with E-state index < -0.39 is 0 Å². The molecule has 1 unspecified atom stereocenters. The first kappa shape index (κ1) is 14.6. The first-order valence-electron chi connectivity index (χ1n) is 6.81. The second-order valence-corrected chi connectivity index (χ2v) is 9.62. The van der Waals surface area contributed by atoms with Crippen molar-refractivity contribution >= 4 is 9.52 Å². The van der Waals surface area contributed by atoms with Gasteiger partial charge in [-0.3, -0.25) is 0 Å². The molecule has 0 aliphatic heterocycles. The lowest BCUT2D eigenvalue weighted by molar-refractivity contribution is 0.452. The van der Waals surface area contributed by atoms with Crippen LogP contribution in [0.1, 0.15) is 55.4 Å². The van der Waals surface area contributed by atoms with E-state index in [0.717, 1.165) is 0 Å². The van der Waals surface area contributed by atoms with Gasteiger partial charge in [-0.15, -0.1) is 0 Å².